The zero-order chi connectivity index (χ0) is 8.72. The second-order valence-electron chi connectivity index (χ2n) is 2.26. The summed E-state index contributed by atoms with van der Waals surface area (Å²) in [5.41, 5.74) is -1.22. The molecule has 2 heterocycles. The summed E-state index contributed by atoms with van der Waals surface area (Å²) < 4.78 is 0. The summed E-state index contributed by atoms with van der Waals surface area (Å²) in [6.07, 6.45) is 1.13. The van der Waals surface area contributed by atoms with E-state index in [-0.39, 0.29) is 11.3 Å². The van der Waals surface area contributed by atoms with Gasteiger partial charge in [0.05, 0.1) is 5.56 Å². The number of rotatable bonds is 0. The van der Waals surface area contributed by atoms with E-state index in [2.05, 4.69) is 9.98 Å². The molecule has 1 aliphatic heterocycles. The maximum Gasteiger partial charge on any atom is 0.326 e. The summed E-state index contributed by atoms with van der Waals surface area (Å²) in [5.74, 6) is -0.590. The average Bonchev–Trinajstić information content (AvgIpc) is 2.33. The standard InChI is InChI=1S/C6H3N3O3/c10-4-2-1-7-5(11)3(2)8-6(12)9-4/h1H,(H2,8,9,10,12). The number of aromatic nitrogens is 2. The fourth-order valence-corrected chi connectivity index (χ4v) is 0.976. The largest absolute Gasteiger partial charge is 0.326 e. The SMILES string of the molecule is O=C1N=Cc2c1[nH]c(=O)[nH]c2=O. The lowest BCUT2D eigenvalue weighted by Crippen LogP contribution is -2.27. The molecule has 0 fully saturated rings. The van der Waals surface area contributed by atoms with Crippen LogP contribution in [0.2, 0.25) is 0 Å². The number of carbonyl (C=O) groups excluding carboxylic acids is 1. The van der Waals surface area contributed by atoms with Crippen molar-refractivity contribution in [1.29, 1.82) is 0 Å². The van der Waals surface area contributed by atoms with Crippen molar-refractivity contribution >= 4 is 12.1 Å². The number of nitrogens with zero attached hydrogens (tertiary/aromatic N) is 1. The van der Waals surface area contributed by atoms with Gasteiger partial charge in [-0.15, -0.1) is 0 Å². The first-order chi connectivity index (χ1) is 5.68. The first-order valence-electron chi connectivity index (χ1n) is 3.13. The molecule has 1 aromatic rings. The molecule has 6 heteroatoms. The molecule has 0 spiro atoms. The number of aromatic amines is 2. The summed E-state index contributed by atoms with van der Waals surface area (Å²) in [6.45, 7) is 0. The summed E-state index contributed by atoms with van der Waals surface area (Å²) in [5, 5.41) is 0. The molecular weight excluding hydrogens is 162 g/mol. The summed E-state index contributed by atoms with van der Waals surface area (Å²) >= 11 is 0. The Hall–Kier alpha value is -1.98. The molecule has 0 bridgehead atoms. The van der Waals surface area contributed by atoms with E-state index in [1.807, 2.05) is 4.98 Å². The van der Waals surface area contributed by atoms with Crippen LogP contribution < -0.4 is 11.2 Å². The Balaban J connectivity index is 2.92. The third kappa shape index (κ3) is 0.746. The fourth-order valence-electron chi connectivity index (χ4n) is 0.976. The van der Waals surface area contributed by atoms with Crippen molar-refractivity contribution in [2.75, 3.05) is 0 Å². The van der Waals surface area contributed by atoms with Crippen LogP contribution in [0.25, 0.3) is 0 Å². The van der Waals surface area contributed by atoms with Crippen LogP contribution in [0.4, 0.5) is 0 Å². The van der Waals surface area contributed by atoms with Gasteiger partial charge in [0.15, 0.2) is 0 Å². The van der Waals surface area contributed by atoms with Crippen molar-refractivity contribution in [3.63, 3.8) is 0 Å². The minimum absolute atomic E-state index is 0.0382. The van der Waals surface area contributed by atoms with E-state index in [1.165, 1.54) is 0 Å². The van der Waals surface area contributed by atoms with Crippen molar-refractivity contribution in [3.05, 3.63) is 32.1 Å². The Bertz CT molecular complexity index is 493. The fraction of sp³-hybridized carbons (Fsp3) is 0. The van der Waals surface area contributed by atoms with E-state index < -0.39 is 17.2 Å². The highest BCUT2D eigenvalue weighted by Crippen LogP contribution is 2.03. The van der Waals surface area contributed by atoms with Gasteiger partial charge in [-0.2, -0.15) is 0 Å². The van der Waals surface area contributed by atoms with Gasteiger partial charge < -0.3 is 4.98 Å². The highest BCUT2D eigenvalue weighted by molar-refractivity contribution is 6.11. The predicted octanol–water partition coefficient (Wildman–Crippen LogP) is -1.36. The topological polar surface area (TPSA) is 95.2 Å². The molecule has 0 aliphatic carbocycles. The molecule has 2 N–H and O–H groups in total. The number of H-pyrrole nitrogens is 2. The van der Waals surface area contributed by atoms with Crippen LogP contribution in [-0.2, 0) is 0 Å². The number of fused-ring (bicyclic) bond motifs is 1. The normalized spacial score (nSPS) is 13.5. The van der Waals surface area contributed by atoms with Gasteiger partial charge >= 0.3 is 5.69 Å². The Morgan fingerprint density at radius 3 is 2.67 bits per heavy atom. The van der Waals surface area contributed by atoms with Crippen LogP contribution in [0.1, 0.15) is 16.1 Å². The minimum Gasteiger partial charge on any atom is -0.302 e. The van der Waals surface area contributed by atoms with Crippen LogP contribution in [0.5, 0.6) is 0 Å². The van der Waals surface area contributed by atoms with Crippen molar-refractivity contribution in [2.45, 2.75) is 0 Å². The van der Waals surface area contributed by atoms with Crippen LogP contribution in [0.3, 0.4) is 0 Å². The Morgan fingerprint density at radius 2 is 1.92 bits per heavy atom. The zero-order valence-corrected chi connectivity index (χ0v) is 5.75. The number of nitrogens with one attached hydrogen (secondary N) is 2. The molecule has 2 rings (SSSR count). The number of amides is 1. The lowest BCUT2D eigenvalue weighted by molar-refractivity contribution is 0.100. The number of carbonyl (C=O) groups is 1. The number of hydrogen-bond donors (Lipinski definition) is 2. The van der Waals surface area contributed by atoms with E-state index in [0.29, 0.717) is 0 Å². The van der Waals surface area contributed by atoms with E-state index >= 15 is 0 Å². The number of hydrogen-bond acceptors (Lipinski definition) is 3. The molecule has 0 unspecified atom stereocenters. The molecule has 1 aliphatic rings. The molecule has 60 valence electrons. The Labute approximate surface area is 65.0 Å². The Morgan fingerprint density at radius 1 is 1.17 bits per heavy atom. The van der Waals surface area contributed by atoms with E-state index in [4.69, 9.17) is 0 Å². The average molecular weight is 165 g/mol. The molecule has 0 saturated carbocycles. The van der Waals surface area contributed by atoms with Gasteiger partial charge in [0.25, 0.3) is 11.5 Å². The Kier molecular flexibility index (Phi) is 1.12. The molecule has 1 aromatic heterocycles. The third-order valence-electron chi connectivity index (χ3n) is 1.50. The highest BCUT2D eigenvalue weighted by Gasteiger charge is 2.19. The molecule has 0 radical (unpaired) electrons. The smallest absolute Gasteiger partial charge is 0.302 e. The maximum absolute atomic E-state index is 11.0. The predicted molar refractivity (Wildman–Crippen MR) is 39.6 cm³/mol. The lowest BCUT2D eigenvalue weighted by atomic mass is 10.3. The monoisotopic (exact) mass is 165 g/mol. The van der Waals surface area contributed by atoms with Gasteiger partial charge in [-0.3, -0.25) is 14.6 Å². The molecule has 1 amide bonds. The van der Waals surface area contributed by atoms with Crippen molar-refractivity contribution in [2.24, 2.45) is 4.99 Å². The molecule has 12 heavy (non-hydrogen) atoms. The summed E-state index contributed by atoms with van der Waals surface area (Å²) in [4.78, 5) is 40.0. The van der Waals surface area contributed by atoms with E-state index in [0.717, 1.165) is 6.21 Å². The van der Waals surface area contributed by atoms with Crippen LogP contribution in [-0.4, -0.2) is 22.1 Å². The maximum atomic E-state index is 11.0. The lowest BCUT2D eigenvalue weighted by Gasteiger charge is -1.90. The summed E-state index contributed by atoms with van der Waals surface area (Å²) in [6, 6.07) is 0. The van der Waals surface area contributed by atoms with Crippen molar-refractivity contribution < 1.29 is 4.79 Å². The van der Waals surface area contributed by atoms with Crippen molar-refractivity contribution in [1.82, 2.24) is 9.97 Å². The van der Waals surface area contributed by atoms with Gasteiger partial charge in [0, 0.05) is 6.21 Å². The van der Waals surface area contributed by atoms with Gasteiger partial charge in [-0.05, 0) is 0 Å². The van der Waals surface area contributed by atoms with Gasteiger partial charge in [-0.1, -0.05) is 0 Å². The first kappa shape index (κ1) is 6.71. The second kappa shape index (κ2) is 2.00. The quantitative estimate of drug-likeness (QED) is 0.496. The molecule has 6 nitrogen and oxygen atoms in total. The zero-order valence-electron chi connectivity index (χ0n) is 5.75. The third-order valence-corrected chi connectivity index (χ3v) is 1.50. The van der Waals surface area contributed by atoms with Gasteiger partial charge in [-0.25, -0.2) is 9.79 Å². The van der Waals surface area contributed by atoms with Gasteiger partial charge in [0.2, 0.25) is 0 Å². The molecular formula is C6H3N3O3. The summed E-state index contributed by atoms with van der Waals surface area (Å²) in [7, 11) is 0. The molecule has 0 aromatic carbocycles. The van der Waals surface area contributed by atoms with Crippen LogP contribution >= 0.6 is 0 Å². The molecule has 0 atom stereocenters. The second-order valence-corrected chi connectivity index (χ2v) is 2.26. The molecule has 0 saturated heterocycles. The van der Waals surface area contributed by atoms with Gasteiger partial charge in [0.1, 0.15) is 5.69 Å². The first-order valence-corrected chi connectivity index (χ1v) is 3.13. The van der Waals surface area contributed by atoms with Crippen molar-refractivity contribution in [3.8, 4) is 0 Å². The number of aliphatic imine (C=N–C) groups is 1. The minimum atomic E-state index is -0.697. The highest BCUT2D eigenvalue weighted by atomic mass is 16.2. The van der Waals surface area contributed by atoms with Crippen LogP contribution in [0, 0.1) is 0 Å². The van der Waals surface area contributed by atoms with E-state index in [1.54, 1.807) is 0 Å². The van der Waals surface area contributed by atoms with Crippen LogP contribution in [0.15, 0.2) is 14.6 Å². The van der Waals surface area contributed by atoms with E-state index in [9.17, 15) is 14.4 Å².